The van der Waals surface area contributed by atoms with Gasteiger partial charge in [-0.3, -0.25) is 9.59 Å². The van der Waals surface area contributed by atoms with Crippen molar-refractivity contribution in [3.05, 3.63) is 65.1 Å². The molecule has 7 heteroatoms. The highest BCUT2D eigenvalue weighted by molar-refractivity contribution is 6.29. The second kappa shape index (κ2) is 7.64. The molecule has 6 nitrogen and oxygen atoms in total. The van der Waals surface area contributed by atoms with Crippen LogP contribution in [0.2, 0.25) is 5.15 Å². The molecule has 2 aromatic heterocycles. The van der Waals surface area contributed by atoms with Crippen LogP contribution in [0, 0.1) is 0 Å². The quantitative estimate of drug-likeness (QED) is 0.691. The average Bonchev–Trinajstić information content (AvgIpc) is 3.06. The van der Waals surface area contributed by atoms with Gasteiger partial charge in [0.05, 0.1) is 11.1 Å². The molecule has 1 saturated heterocycles. The molecule has 144 valence electrons. The molecule has 1 fully saturated rings. The Morgan fingerprint density at radius 2 is 1.89 bits per heavy atom. The van der Waals surface area contributed by atoms with Gasteiger partial charge < -0.3 is 14.8 Å². The topological polar surface area (TPSA) is 67.2 Å². The Balaban J connectivity index is 1.38. The number of carbonyl (C=O) groups excluding carboxylic acids is 2. The van der Waals surface area contributed by atoms with E-state index >= 15 is 0 Å². The summed E-state index contributed by atoms with van der Waals surface area (Å²) in [7, 11) is 1.94. The Hall–Kier alpha value is -2.86. The number of para-hydroxylation sites is 1. The third-order valence-electron chi connectivity index (χ3n) is 5.23. The first kappa shape index (κ1) is 18.5. The smallest absolute Gasteiger partial charge is 0.255 e. The number of rotatable bonds is 3. The lowest BCUT2D eigenvalue weighted by atomic mass is 10.0. The predicted molar refractivity (Wildman–Crippen MR) is 109 cm³/mol. The van der Waals surface area contributed by atoms with E-state index in [1.54, 1.807) is 17.0 Å². The van der Waals surface area contributed by atoms with E-state index in [1.807, 2.05) is 42.1 Å². The molecule has 0 radical (unpaired) electrons. The van der Waals surface area contributed by atoms with Gasteiger partial charge in [0.15, 0.2) is 0 Å². The van der Waals surface area contributed by atoms with Crippen molar-refractivity contribution in [1.29, 1.82) is 0 Å². The maximum atomic E-state index is 12.8. The number of likely N-dealkylation sites (tertiary alicyclic amines) is 1. The molecule has 0 unspecified atom stereocenters. The van der Waals surface area contributed by atoms with Crippen LogP contribution in [0.3, 0.4) is 0 Å². The normalized spacial score (nSPS) is 15.0. The van der Waals surface area contributed by atoms with Gasteiger partial charge in [-0.05, 0) is 31.0 Å². The first-order valence-corrected chi connectivity index (χ1v) is 9.66. The minimum atomic E-state index is -0.0662. The number of aryl methyl sites for hydroxylation is 1. The molecule has 1 N–H and O–H groups in total. The number of benzene rings is 1. The number of fused-ring (bicyclic) bond motifs is 1. The Morgan fingerprint density at radius 1 is 1.14 bits per heavy atom. The molecule has 28 heavy (non-hydrogen) atoms. The van der Waals surface area contributed by atoms with Crippen molar-refractivity contribution in [3.63, 3.8) is 0 Å². The van der Waals surface area contributed by atoms with E-state index in [9.17, 15) is 9.59 Å². The summed E-state index contributed by atoms with van der Waals surface area (Å²) in [5.74, 6) is -0.119. The molecule has 2 amide bonds. The van der Waals surface area contributed by atoms with Crippen molar-refractivity contribution in [1.82, 2.24) is 19.8 Å². The van der Waals surface area contributed by atoms with Crippen LogP contribution >= 0.6 is 11.6 Å². The highest BCUT2D eigenvalue weighted by atomic mass is 35.5. The number of amides is 2. The minimum Gasteiger partial charge on any atom is -0.350 e. The van der Waals surface area contributed by atoms with Gasteiger partial charge in [0.25, 0.3) is 11.8 Å². The van der Waals surface area contributed by atoms with E-state index in [0.29, 0.717) is 29.4 Å². The van der Waals surface area contributed by atoms with Crippen LogP contribution in [0.1, 0.15) is 33.6 Å². The summed E-state index contributed by atoms with van der Waals surface area (Å²) in [4.78, 5) is 31.1. The van der Waals surface area contributed by atoms with Crippen LogP contribution in [-0.4, -0.2) is 45.4 Å². The number of nitrogens with zero attached hydrogens (tertiary/aromatic N) is 3. The standard InChI is InChI=1S/C21H21ClN4O2/c1-25-13-17(16-4-2-3-5-18(16)25)20(27)24-15-8-10-26(11-9-15)21(28)14-6-7-19(22)23-12-14/h2-7,12-13,15H,8-11H2,1H3,(H,24,27). The molecule has 0 bridgehead atoms. The minimum absolute atomic E-state index is 0.0528. The maximum absolute atomic E-state index is 12.8. The van der Waals surface area contributed by atoms with Crippen molar-refractivity contribution >= 4 is 34.3 Å². The van der Waals surface area contributed by atoms with Gasteiger partial charge in [-0.15, -0.1) is 0 Å². The van der Waals surface area contributed by atoms with Gasteiger partial charge in [-0.25, -0.2) is 4.98 Å². The Morgan fingerprint density at radius 3 is 2.61 bits per heavy atom. The number of nitrogens with one attached hydrogen (secondary N) is 1. The summed E-state index contributed by atoms with van der Waals surface area (Å²) in [6, 6.07) is 11.2. The van der Waals surface area contributed by atoms with E-state index in [1.165, 1.54) is 6.20 Å². The third kappa shape index (κ3) is 3.60. The molecule has 1 aliphatic heterocycles. The lowest BCUT2D eigenvalue weighted by Gasteiger charge is -2.32. The van der Waals surface area contributed by atoms with Gasteiger partial charge in [-0.1, -0.05) is 29.8 Å². The SMILES string of the molecule is Cn1cc(C(=O)NC2CCN(C(=O)c3ccc(Cl)nc3)CC2)c2ccccc21. The van der Waals surface area contributed by atoms with Crippen LogP contribution in [0.25, 0.3) is 10.9 Å². The summed E-state index contributed by atoms with van der Waals surface area (Å²) in [5.41, 5.74) is 2.25. The monoisotopic (exact) mass is 396 g/mol. The fourth-order valence-electron chi connectivity index (χ4n) is 3.70. The zero-order chi connectivity index (χ0) is 19.7. The van der Waals surface area contributed by atoms with Crippen LogP contribution < -0.4 is 5.32 Å². The lowest BCUT2D eigenvalue weighted by Crippen LogP contribution is -2.46. The van der Waals surface area contributed by atoms with E-state index in [0.717, 1.165) is 23.7 Å². The predicted octanol–water partition coefficient (Wildman–Crippen LogP) is 3.26. The molecule has 0 aliphatic carbocycles. The molecular weight excluding hydrogens is 376 g/mol. The van der Waals surface area contributed by atoms with Gasteiger partial charge in [-0.2, -0.15) is 0 Å². The average molecular weight is 397 g/mol. The van der Waals surface area contributed by atoms with Gasteiger partial charge in [0, 0.05) is 49.5 Å². The fraction of sp³-hybridized carbons (Fsp3) is 0.286. The number of aromatic nitrogens is 2. The molecule has 3 aromatic rings. The van der Waals surface area contributed by atoms with Crippen molar-refractivity contribution in [2.45, 2.75) is 18.9 Å². The molecular formula is C21H21ClN4O2. The van der Waals surface area contributed by atoms with Crippen molar-refractivity contribution in [2.75, 3.05) is 13.1 Å². The molecule has 4 rings (SSSR count). The lowest BCUT2D eigenvalue weighted by molar-refractivity contribution is 0.0698. The molecule has 3 heterocycles. The van der Waals surface area contributed by atoms with Crippen LogP contribution in [0.5, 0.6) is 0 Å². The first-order valence-electron chi connectivity index (χ1n) is 9.28. The maximum Gasteiger partial charge on any atom is 0.255 e. The van der Waals surface area contributed by atoms with E-state index in [4.69, 9.17) is 11.6 Å². The Bertz CT molecular complexity index is 1020. The van der Waals surface area contributed by atoms with Crippen molar-refractivity contribution in [2.24, 2.45) is 7.05 Å². The summed E-state index contributed by atoms with van der Waals surface area (Å²) < 4.78 is 1.96. The molecule has 0 saturated carbocycles. The van der Waals surface area contributed by atoms with E-state index < -0.39 is 0 Å². The molecule has 0 atom stereocenters. The first-order chi connectivity index (χ1) is 13.5. The number of hydrogen-bond donors (Lipinski definition) is 1. The Labute approximate surface area is 168 Å². The van der Waals surface area contributed by atoms with E-state index in [2.05, 4.69) is 10.3 Å². The van der Waals surface area contributed by atoms with Crippen molar-refractivity contribution < 1.29 is 9.59 Å². The number of piperidine rings is 1. The summed E-state index contributed by atoms with van der Waals surface area (Å²) in [6.07, 6.45) is 4.82. The summed E-state index contributed by atoms with van der Waals surface area (Å²) in [6.45, 7) is 1.20. The van der Waals surface area contributed by atoms with Crippen molar-refractivity contribution in [3.8, 4) is 0 Å². The second-order valence-electron chi connectivity index (χ2n) is 7.08. The highest BCUT2D eigenvalue weighted by Gasteiger charge is 2.25. The summed E-state index contributed by atoms with van der Waals surface area (Å²) >= 11 is 5.78. The zero-order valence-corrected chi connectivity index (χ0v) is 16.3. The number of halogens is 1. The molecule has 1 aromatic carbocycles. The van der Waals surface area contributed by atoms with Crippen LogP contribution in [-0.2, 0) is 7.05 Å². The van der Waals surface area contributed by atoms with Gasteiger partial charge in [0.1, 0.15) is 5.15 Å². The largest absolute Gasteiger partial charge is 0.350 e. The van der Waals surface area contributed by atoms with Crippen LogP contribution in [0.4, 0.5) is 0 Å². The third-order valence-corrected chi connectivity index (χ3v) is 5.46. The summed E-state index contributed by atoms with van der Waals surface area (Å²) in [5, 5.41) is 4.44. The Kier molecular flexibility index (Phi) is 5.05. The fourth-order valence-corrected chi connectivity index (χ4v) is 3.81. The second-order valence-corrected chi connectivity index (χ2v) is 7.47. The van der Waals surface area contributed by atoms with Crippen LogP contribution in [0.15, 0.2) is 48.8 Å². The zero-order valence-electron chi connectivity index (χ0n) is 15.6. The highest BCUT2D eigenvalue weighted by Crippen LogP contribution is 2.21. The molecule has 0 spiro atoms. The van der Waals surface area contributed by atoms with E-state index in [-0.39, 0.29) is 17.9 Å². The van der Waals surface area contributed by atoms with Gasteiger partial charge >= 0.3 is 0 Å². The molecule has 1 aliphatic rings. The number of pyridine rings is 1. The van der Waals surface area contributed by atoms with Gasteiger partial charge in [0.2, 0.25) is 0 Å². The number of carbonyl (C=O) groups is 2. The number of hydrogen-bond acceptors (Lipinski definition) is 3.